The summed E-state index contributed by atoms with van der Waals surface area (Å²) in [4.78, 5) is 23.6. The number of carbonyl (C=O) groups excluding carboxylic acids is 1. The van der Waals surface area contributed by atoms with Crippen LogP contribution in [0.4, 0.5) is 5.69 Å². The first-order valence-electron chi connectivity index (χ1n) is 5.68. The van der Waals surface area contributed by atoms with Gasteiger partial charge in [-0.15, -0.1) is 6.58 Å². The van der Waals surface area contributed by atoms with Crippen molar-refractivity contribution in [3.05, 3.63) is 48.6 Å². The minimum atomic E-state index is -1.06. The summed E-state index contributed by atoms with van der Waals surface area (Å²) < 4.78 is 0. The molecule has 1 aromatic carbocycles. The number of rotatable bonds is 6. The van der Waals surface area contributed by atoms with Crippen LogP contribution in [0.15, 0.2) is 43.0 Å². The van der Waals surface area contributed by atoms with Crippen molar-refractivity contribution in [1.29, 1.82) is 0 Å². The zero-order valence-corrected chi connectivity index (χ0v) is 10.5. The van der Waals surface area contributed by atoms with Crippen molar-refractivity contribution in [1.82, 2.24) is 4.90 Å². The quantitative estimate of drug-likeness (QED) is 0.460. The first kappa shape index (κ1) is 14.5. The van der Waals surface area contributed by atoms with Gasteiger partial charge in [0.25, 0.3) is 0 Å². The lowest BCUT2D eigenvalue weighted by Crippen LogP contribution is -2.34. The molecule has 0 aliphatic carbocycles. The van der Waals surface area contributed by atoms with Crippen LogP contribution >= 0.6 is 0 Å². The zero-order chi connectivity index (χ0) is 14.3. The third kappa shape index (κ3) is 5.08. The molecule has 0 saturated carbocycles. The smallest absolute Gasteiger partial charge is 0.323 e. The highest BCUT2D eigenvalue weighted by Gasteiger charge is 2.12. The molecule has 5 nitrogen and oxygen atoms in total. The summed E-state index contributed by atoms with van der Waals surface area (Å²) in [5.41, 5.74) is 7.00. The highest BCUT2D eigenvalue weighted by molar-refractivity contribution is 5.93. The number of carbonyl (C=O) groups is 2. The summed E-state index contributed by atoms with van der Waals surface area (Å²) in [5, 5.41) is 8.71. The predicted octanol–water partition coefficient (Wildman–Crippen LogP) is 1.38. The Kier molecular flexibility index (Phi) is 5.35. The molecule has 0 aliphatic heterocycles. The molecule has 0 radical (unpaired) electrons. The van der Waals surface area contributed by atoms with Crippen LogP contribution in [0.2, 0.25) is 0 Å². The molecule has 0 unspecified atom stereocenters. The molecular weight excluding hydrogens is 244 g/mol. The molecule has 0 aromatic heterocycles. The van der Waals surface area contributed by atoms with E-state index in [2.05, 4.69) is 6.58 Å². The Bertz CT molecular complexity index is 509. The van der Waals surface area contributed by atoms with Crippen LogP contribution in [0.3, 0.4) is 0 Å². The fourth-order valence-corrected chi connectivity index (χ4v) is 1.49. The minimum absolute atomic E-state index is 0.187. The van der Waals surface area contributed by atoms with Crippen molar-refractivity contribution >= 4 is 23.6 Å². The molecular formula is C14H16N2O3. The SMILES string of the molecule is C=CCN(CC(=O)O)C(=O)/C=C/c1cccc(N)c1. The number of carboxylic acid groups (broad SMARTS) is 1. The van der Waals surface area contributed by atoms with Crippen LogP contribution in [0.25, 0.3) is 6.08 Å². The molecule has 19 heavy (non-hydrogen) atoms. The van der Waals surface area contributed by atoms with Crippen LogP contribution < -0.4 is 5.73 Å². The van der Waals surface area contributed by atoms with Gasteiger partial charge in [0.15, 0.2) is 0 Å². The van der Waals surface area contributed by atoms with Crippen LogP contribution in [-0.2, 0) is 9.59 Å². The van der Waals surface area contributed by atoms with E-state index in [1.165, 1.54) is 17.1 Å². The van der Waals surface area contributed by atoms with E-state index in [1.807, 2.05) is 0 Å². The first-order chi connectivity index (χ1) is 9.02. The maximum Gasteiger partial charge on any atom is 0.323 e. The molecule has 1 amide bonds. The van der Waals surface area contributed by atoms with E-state index in [0.717, 1.165) is 5.56 Å². The van der Waals surface area contributed by atoms with Gasteiger partial charge in [-0.3, -0.25) is 9.59 Å². The molecule has 100 valence electrons. The van der Waals surface area contributed by atoms with E-state index in [4.69, 9.17) is 10.8 Å². The van der Waals surface area contributed by atoms with E-state index < -0.39 is 5.97 Å². The third-order valence-electron chi connectivity index (χ3n) is 2.32. The van der Waals surface area contributed by atoms with Crippen molar-refractivity contribution < 1.29 is 14.7 Å². The number of hydrogen-bond donors (Lipinski definition) is 2. The van der Waals surface area contributed by atoms with Crippen molar-refractivity contribution in [2.45, 2.75) is 0 Å². The van der Waals surface area contributed by atoms with Gasteiger partial charge in [-0.25, -0.2) is 0 Å². The van der Waals surface area contributed by atoms with Gasteiger partial charge in [0, 0.05) is 18.3 Å². The van der Waals surface area contributed by atoms with Crippen molar-refractivity contribution in [3.63, 3.8) is 0 Å². The van der Waals surface area contributed by atoms with Crippen molar-refractivity contribution in [3.8, 4) is 0 Å². The largest absolute Gasteiger partial charge is 0.480 e. The maximum absolute atomic E-state index is 11.8. The number of nitrogens with two attached hydrogens (primary N) is 1. The van der Waals surface area contributed by atoms with Gasteiger partial charge in [0.1, 0.15) is 6.54 Å². The first-order valence-corrected chi connectivity index (χ1v) is 5.68. The second-order valence-electron chi connectivity index (χ2n) is 3.90. The summed E-state index contributed by atoms with van der Waals surface area (Å²) in [5.74, 6) is -1.45. The number of nitrogen functional groups attached to an aromatic ring is 1. The molecule has 0 spiro atoms. The molecule has 0 heterocycles. The fourth-order valence-electron chi connectivity index (χ4n) is 1.49. The summed E-state index contributed by atoms with van der Waals surface area (Å²) in [6.07, 6.45) is 4.40. The fraction of sp³-hybridized carbons (Fsp3) is 0.143. The highest BCUT2D eigenvalue weighted by Crippen LogP contribution is 2.08. The third-order valence-corrected chi connectivity index (χ3v) is 2.32. The Hall–Kier alpha value is -2.56. The summed E-state index contributed by atoms with van der Waals surface area (Å²) in [7, 11) is 0. The number of benzene rings is 1. The van der Waals surface area contributed by atoms with Gasteiger partial charge in [0.05, 0.1) is 0 Å². The number of aliphatic carboxylic acids is 1. The Balaban J connectivity index is 2.75. The van der Waals surface area contributed by atoms with Crippen LogP contribution in [0, 0.1) is 0 Å². The Morgan fingerprint density at radius 1 is 1.42 bits per heavy atom. The lowest BCUT2D eigenvalue weighted by Gasteiger charge is -2.16. The van der Waals surface area contributed by atoms with Gasteiger partial charge < -0.3 is 15.7 Å². The topological polar surface area (TPSA) is 83.6 Å². The maximum atomic E-state index is 11.8. The zero-order valence-electron chi connectivity index (χ0n) is 10.5. The van der Waals surface area contributed by atoms with E-state index in [-0.39, 0.29) is 19.0 Å². The number of anilines is 1. The standard InChI is InChI=1S/C14H16N2O3/c1-2-8-16(10-14(18)19)13(17)7-6-11-4-3-5-12(15)9-11/h2-7,9H,1,8,10,15H2,(H,18,19)/b7-6+. The highest BCUT2D eigenvalue weighted by atomic mass is 16.4. The Morgan fingerprint density at radius 2 is 2.16 bits per heavy atom. The average Bonchev–Trinajstić information content (AvgIpc) is 2.35. The van der Waals surface area contributed by atoms with Crippen LogP contribution in [0.5, 0.6) is 0 Å². The summed E-state index contributed by atoms with van der Waals surface area (Å²) >= 11 is 0. The van der Waals surface area contributed by atoms with Crippen molar-refractivity contribution in [2.24, 2.45) is 0 Å². The predicted molar refractivity (Wildman–Crippen MR) is 74.3 cm³/mol. The van der Waals surface area contributed by atoms with E-state index >= 15 is 0 Å². The Labute approximate surface area is 111 Å². The molecule has 0 fully saturated rings. The average molecular weight is 260 g/mol. The molecule has 1 aromatic rings. The lowest BCUT2D eigenvalue weighted by atomic mass is 10.2. The molecule has 3 N–H and O–H groups in total. The Morgan fingerprint density at radius 3 is 2.74 bits per heavy atom. The van der Waals surface area contributed by atoms with E-state index in [9.17, 15) is 9.59 Å². The second kappa shape index (κ2) is 7.00. The number of carboxylic acids is 1. The number of nitrogens with zero attached hydrogens (tertiary/aromatic N) is 1. The van der Waals surface area contributed by atoms with Crippen LogP contribution in [0.1, 0.15) is 5.56 Å². The second-order valence-corrected chi connectivity index (χ2v) is 3.90. The van der Waals surface area contributed by atoms with E-state index in [1.54, 1.807) is 30.3 Å². The molecule has 0 saturated heterocycles. The summed E-state index contributed by atoms with van der Waals surface area (Å²) in [6, 6.07) is 7.04. The molecule has 0 atom stereocenters. The molecule has 5 heteroatoms. The van der Waals surface area contributed by atoms with Gasteiger partial charge in [-0.2, -0.15) is 0 Å². The summed E-state index contributed by atoms with van der Waals surface area (Å²) in [6.45, 7) is 3.32. The van der Waals surface area contributed by atoms with Gasteiger partial charge in [-0.05, 0) is 23.8 Å². The monoisotopic (exact) mass is 260 g/mol. The molecule has 0 bridgehead atoms. The van der Waals surface area contributed by atoms with Gasteiger partial charge >= 0.3 is 5.97 Å². The van der Waals surface area contributed by atoms with Gasteiger partial charge in [-0.1, -0.05) is 18.2 Å². The number of amides is 1. The van der Waals surface area contributed by atoms with Crippen LogP contribution in [-0.4, -0.2) is 35.0 Å². The number of hydrogen-bond acceptors (Lipinski definition) is 3. The molecule has 1 rings (SSSR count). The minimum Gasteiger partial charge on any atom is -0.480 e. The van der Waals surface area contributed by atoms with Gasteiger partial charge in [0.2, 0.25) is 5.91 Å². The van der Waals surface area contributed by atoms with E-state index in [0.29, 0.717) is 5.69 Å². The molecule has 0 aliphatic rings. The van der Waals surface area contributed by atoms with Crippen molar-refractivity contribution in [2.75, 3.05) is 18.8 Å². The normalized spacial score (nSPS) is 10.3. The lowest BCUT2D eigenvalue weighted by molar-refractivity contribution is -0.142.